The van der Waals surface area contributed by atoms with Crippen LogP contribution in [0.4, 0.5) is 0 Å². The van der Waals surface area contributed by atoms with Crippen LogP contribution in [-0.2, 0) is 13.0 Å². The van der Waals surface area contributed by atoms with Gasteiger partial charge in [-0.25, -0.2) is 0 Å². The highest BCUT2D eigenvalue weighted by Gasteiger charge is 2.27. The van der Waals surface area contributed by atoms with Gasteiger partial charge in [-0.1, -0.05) is 55.5 Å². The molecule has 1 N–H and O–H groups in total. The van der Waals surface area contributed by atoms with Gasteiger partial charge in [0.1, 0.15) is 0 Å². The van der Waals surface area contributed by atoms with Crippen LogP contribution in [0.25, 0.3) is 0 Å². The first-order chi connectivity index (χ1) is 15.2. The Labute approximate surface area is 182 Å². The summed E-state index contributed by atoms with van der Waals surface area (Å²) in [5.74, 6) is -0.0233. The quantitative estimate of drug-likeness (QED) is 0.669. The van der Waals surface area contributed by atoms with Crippen molar-refractivity contribution >= 4 is 11.8 Å². The van der Waals surface area contributed by atoms with E-state index < -0.39 is 0 Å². The number of rotatable bonds is 6. The maximum Gasteiger partial charge on any atom is 0.257 e. The number of nitrogens with one attached hydrogen (secondary N) is 1. The first-order valence-corrected chi connectivity index (χ1v) is 10.9. The molecule has 1 aliphatic heterocycles. The van der Waals surface area contributed by atoms with Gasteiger partial charge in [-0.15, -0.1) is 0 Å². The van der Waals surface area contributed by atoms with Gasteiger partial charge in [-0.2, -0.15) is 5.10 Å². The Morgan fingerprint density at radius 3 is 2.29 bits per heavy atom. The molecule has 0 spiro atoms. The highest BCUT2D eigenvalue weighted by Crippen LogP contribution is 2.18. The molecule has 2 heterocycles. The highest BCUT2D eigenvalue weighted by molar-refractivity contribution is 5.95. The average molecular weight is 417 g/mol. The zero-order valence-corrected chi connectivity index (χ0v) is 17.8. The second kappa shape index (κ2) is 9.60. The second-order valence-electron chi connectivity index (χ2n) is 7.91. The summed E-state index contributed by atoms with van der Waals surface area (Å²) in [5, 5.41) is 7.59. The van der Waals surface area contributed by atoms with Gasteiger partial charge in [0.25, 0.3) is 11.8 Å². The molecule has 6 nitrogen and oxygen atoms in total. The monoisotopic (exact) mass is 416 g/mol. The third-order valence-corrected chi connectivity index (χ3v) is 5.84. The molecule has 0 radical (unpaired) electrons. The molecule has 1 aliphatic rings. The van der Waals surface area contributed by atoms with Crippen molar-refractivity contribution in [2.45, 2.75) is 38.8 Å². The number of carbonyl (C=O) groups is 2. The second-order valence-corrected chi connectivity index (χ2v) is 7.91. The summed E-state index contributed by atoms with van der Waals surface area (Å²) in [6.45, 7) is 3.97. The lowest BCUT2D eigenvalue weighted by molar-refractivity contribution is 0.0697. The number of carbonyl (C=O) groups excluding carboxylic acids is 2. The average Bonchev–Trinajstić information content (AvgIpc) is 3.22. The largest absolute Gasteiger partial charge is 0.349 e. The van der Waals surface area contributed by atoms with Crippen LogP contribution in [0.1, 0.15) is 51.7 Å². The lowest BCUT2D eigenvalue weighted by atomic mass is 10.0. The molecule has 0 bridgehead atoms. The van der Waals surface area contributed by atoms with Gasteiger partial charge in [-0.3, -0.25) is 14.3 Å². The molecule has 3 aromatic rings. The number of piperidine rings is 1. The van der Waals surface area contributed by atoms with Gasteiger partial charge in [0.15, 0.2) is 0 Å². The number of amides is 2. The number of aromatic nitrogens is 2. The standard InChI is InChI=1S/C25H28N4O2/c1-2-23-22(17-26-29(23)18-19-9-5-3-6-10-19)25(31)28-15-13-21(14-16-28)27-24(30)20-11-7-4-8-12-20/h3-12,17,21H,2,13-16,18H2,1H3,(H,27,30). The molecule has 6 heteroatoms. The minimum atomic E-state index is -0.0548. The molecule has 1 saturated heterocycles. The Hall–Kier alpha value is -3.41. The number of benzene rings is 2. The van der Waals surface area contributed by atoms with E-state index in [0.29, 0.717) is 30.8 Å². The van der Waals surface area contributed by atoms with E-state index in [-0.39, 0.29) is 17.9 Å². The van der Waals surface area contributed by atoms with Crippen LogP contribution in [0.5, 0.6) is 0 Å². The van der Waals surface area contributed by atoms with Crippen molar-refractivity contribution in [3.63, 3.8) is 0 Å². The minimum Gasteiger partial charge on any atom is -0.349 e. The molecule has 2 aromatic carbocycles. The summed E-state index contributed by atoms with van der Waals surface area (Å²) in [4.78, 5) is 27.4. The number of likely N-dealkylation sites (tertiary alicyclic amines) is 1. The molecular formula is C25H28N4O2. The zero-order valence-electron chi connectivity index (χ0n) is 17.8. The predicted octanol–water partition coefficient (Wildman–Crippen LogP) is 3.53. The molecule has 0 saturated carbocycles. The van der Waals surface area contributed by atoms with E-state index in [2.05, 4.69) is 29.5 Å². The fraction of sp³-hybridized carbons (Fsp3) is 0.320. The van der Waals surface area contributed by atoms with Crippen molar-refractivity contribution in [3.05, 3.63) is 89.2 Å². The van der Waals surface area contributed by atoms with Crippen LogP contribution in [0.2, 0.25) is 0 Å². The summed E-state index contributed by atoms with van der Waals surface area (Å²) < 4.78 is 1.93. The first kappa shape index (κ1) is 20.8. The smallest absolute Gasteiger partial charge is 0.257 e. The molecule has 0 unspecified atom stereocenters. The zero-order chi connectivity index (χ0) is 21.6. The lowest BCUT2D eigenvalue weighted by Gasteiger charge is -2.32. The lowest BCUT2D eigenvalue weighted by Crippen LogP contribution is -2.46. The van der Waals surface area contributed by atoms with Crippen molar-refractivity contribution in [3.8, 4) is 0 Å². The number of hydrogen-bond donors (Lipinski definition) is 1. The van der Waals surface area contributed by atoms with Crippen LogP contribution in [0.15, 0.2) is 66.9 Å². The van der Waals surface area contributed by atoms with Crippen molar-refractivity contribution in [2.24, 2.45) is 0 Å². The van der Waals surface area contributed by atoms with Crippen LogP contribution in [0, 0.1) is 0 Å². The maximum absolute atomic E-state index is 13.2. The topological polar surface area (TPSA) is 67.2 Å². The Bertz CT molecular complexity index is 1020. The number of hydrogen-bond acceptors (Lipinski definition) is 3. The van der Waals surface area contributed by atoms with E-state index >= 15 is 0 Å². The number of nitrogens with zero attached hydrogens (tertiary/aromatic N) is 3. The van der Waals surface area contributed by atoms with E-state index in [1.165, 1.54) is 0 Å². The summed E-state index contributed by atoms with van der Waals surface area (Å²) in [6.07, 6.45) is 3.96. The van der Waals surface area contributed by atoms with Crippen molar-refractivity contribution in [1.29, 1.82) is 0 Å². The van der Waals surface area contributed by atoms with Gasteiger partial charge in [0.05, 0.1) is 24.0 Å². The van der Waals surface area contributed by atoms with Gasteiger partial charge >= 0.3 is 0 Å². The molecular weight excluding hydrogens is 388 g/mol. The molecule has 2 amide bonds. The first-order valence-electron chi connectivity index (χ1n) is 10.9. The van der Waals surface area contributed by atoms with Crippen molar-refractivity contribution in [1.82, 2.24) is 20.0 Å². The summed E-state index contributed by atoms with van der Waals surface area (Å²) in [6, 6.07) is 19.5. The third kappa shape index (κ3) is 4.85. The Kier molecular flexibility index (Phi) is 6.46. The summed E-state index contributed by atoms with van der Waals surface area (Å²) in [5.41, 5.74) is 3.48. The molecule has 1 aromatic heterocycles. The molecule has 160 valence electrons. The molecule has 31 heavy (non-hydrogen) atoms. The van der Waals surface area contributed by atoms with Gasteiger partial charge < -0.3 is 10.2 Å². The molecule has 0 aliphatic carbocycles. The van der Waals surface area contributed by atoms with Crippen LogP contribution in [-0.4, -0.2) is 45.6 Å². The third-order valence-electron chi connectivity index (χ3n) is 5.84. The summed E-state index contributed by atoms with van der Waals surface area (Å²) in [7, 11) is 0. The Balaban J connectivity index is 1.37. The fourth-order valence-corrected chi connectivity index (χ4v) is 4.11. The normalized spacial score (nSPS) is 14.4. The highest BCUT2D eigenvalue weighted by atomic mass is 16.2. The van der Waals surface area contributed by atoms with E-state index in [9.17, 15) is 9.59 Å². The van der Waals surface area contributed by atoms with E-state index in [1.54, 1.807) is 6.20 Å². The maximum atomic E-state index is 13.2. The van der Waals surface area contributed by atoms with E-state index in [0.717, 1.165) is 30.5 Å². The van der Waals surface area contributed by atoms with Crippen molar-refractivity contribution in [2.75, 3.05) is 13.1 Å². The van der Waals surface area contributed by atoms with Gasteiger partial charge in [0.2, 0.25) is 0 Å². The molecule has 0 atom stereocenters. The van der Waals surface area contributed by atoms with Crippen LogP contribution >= 0.6 is 0 Å². The van der Waals surface area contributed by atoms with Crippen LogP contribution in [0.3, 0.4) is 0 Å². The molecule has 1 fully saturated rings. The van der Waals surface area contributed by atoms with Gasteiger partial charge in [-0.05, 0) is 37.0 Å². The SMILES string of the molecule is CCc1c(C(=O)N2CCC(NC(=O)c3ccccc3)CC2)cnn1Cc1ccccc1. The van der Waals surface area contributed by atoms with E-state index in [1.807, 2.05) is 58.1 Å². The summed E-state index contributed by atoms with van der Waals surface area (Å²) >= 11 is 0. The predicted molar refractivity (Wildman–Crippen MR) is 120 cm³/mol. The van der Waals surface area contributed by atoms with E-state index in [4.69, 9.17) is 0 Å². The Morgan fingerprint density at radius 1 is 1.00 bits per heavy atom. The molecule has 4 rings (SSSR count). The van der Waals surface area contributed by atoms with Crippen LogP contribution < -0.4 is 5.32 Å². The Morgan fingerprint density at radius 2 is 1.65 bits per heavy atom. The minimum absolute atomic E-state index is 0.0315. The van der Waals surface area contributed by atoms with Gasteiger partial charge in [0, 0.05) is 24.7 Å². The van der Waals surface area contributed by atoms with Crippen molar-refractivity contribution < 1.29 is 9.59 Å². The fourth-order valence-electron chi connectivity index (χ4n) is 4.11.